The van der Waals surface area contributed by atoms with Crippen LogP contribution in [0.4, 0.5) is 0 Å². The summed E-state index contributed by atoms with van der Waals surface area (Å²) in [5.41, 5.74) is 0.306. The molecule has 0 radical (unpaired) electrons. The molecule has 35 heavy (non-hydrogen) atoms. The Morgan fingerprint density at radius 2 is 1.20 bits per heavy atom. The number of aryl methyl sites for hydroxylation is 2. The van der Waals surface area contributed by atoms with Gasteiger partial charge in [0, 0.05) is 19.3 Å². The summed E-state index contributed by atoms with van der Waals surface area (Å²) in [4.78, 5) is 31.7. The van der Waals surface area contributed by atoms with Gasteiger partial charge < -0.3 is 4.57 Å². The van der Waals surface area contributed by atoms with Crippen molar-refractivity contribution >= 4 is 22.9 Å². The molecule has 0 unspecified atom stereocenters. The SMILES string of the molecule is CCCCCCCCCCCCCCCCSc1nc2c(c(=O)[nH]c(=O)n2C)n1CCCCCC. The third kappa shape index (κ3) is 10.6. The lowest BCUT2D eigenvalue weighted by molar-refractivity contribution is 0.538. The fourth-order valence-electron chi connectivity index (χ4n) is 4.69. The third-order valence-electron chi connectivity index (χ3n) is 6.94. The number of nitrogens with zero attached hydrogens (tertiary/aromatic N) is 3. The zero-order valence-electron chi connectivity index (χ0n) is 22.7. The minimum Gasteiger partial charge on any atom is -0.313 e. The van der Waals surface area contributed by atoms with Gasteiger partial charge in [-0.2, -0.15) is 0 Å². The Hall–Kier alpha value is -1.50. The van der Waals surface area contributed by atoms with Crippen LogP contribution >= 0.6 is 11.8 Å². The zero-order valence-corrected chi connectivity index (χ0v) is 23.5. The van der Waals surface area contributed by atoms with Crippen molar-refractivity contribution in [3.05, 3.63) is 20.8 Å². The first-order chi connectivity index (χ1) is 17.1. The summed E-state index contributed by atoms with van der Waals surface area (Å²) in [6.07, 6.45) is 23.6. The van der Waals surface area contributed by atoms with E-state index in [9.17, 15) is 9.59 Å². The first-order valence-corrected chi connectivity index (χ1v) is 15.4. The van der Waals surface area contributed by atoms with Gasteiger partial charge in [0.1, 0.15) is 0 Å². The van der Waals surface area contributed by atoms with Crippen LogP contribution in [-0.4, -0.2) is 24.9 Å². The second-order valence-electron chi connectivity index (χ2n) is 10.0. The fourth-order valence-corrected chi connectivity index (χ4v) is 5.71. The number of hydrogen-bond donors (Lipinski definition) is 1. The second-order valence-corrected chi connectivity index (χ2v) is 11.1. The monoisotopic (exact) mass is 506 g/mol. The number of H-pyrrole nitrogens is 1. The van der Waals surface area contributed by atoms with Crippen LogP contribution in [0.15, 0.2) is 14.7 Å². The average molecular weight is 507 g/mol. The number of thioether (sulfide) groups is 1. The number of hydrogen-bond acceptors (Lipinski definition) is 4. The largest absolute Gasteiger partial charge is 0.329 e. The number of aromatic nitrogens is 4. The first kappa shape index (κ1) is 29.7. The van der Waals surface area contributed by atoms with E-state index in [2.05, 4.69) is 18.8 Å². The summed E-state index contributed by atoms with van der Waals surface area (Å²) in [5, 5.41) is 0.873. The Labute approximate surface area is 216 Å². The standard InChI is InChI=1S/C28H50N4O2S/c1-4-6-8-10-11-12-13-14-15-16-17-18-19-21-23-35-28-29-25-24(26(33)30-27(34)31(25)3)32(28)22-20-9-7-5-2/h4-23H2,1-3H3,(H,30,33,34). The van der Waals surface area contributed by atoms with Crippen LogP contribution in [0.25, 0.3) is 11.2 Å². The lowest BCUT2D eigenvalue weighted by atomic mass is 10.0. The number of aromatic amines is 1. The molecule has 200 valence electrons. The molecule has 0 aliphatic heterocycles. The van der Waals surface area contributed by atoms with Crippen molar-refractivity contribution in [2.75, 3.05) is 5.75 Å². The molecule has 2 heterocycles. The van der Waals surface area contributed by atoms with Crippen molar-refractivity contribution < 1.29 is 0 Å². The number of fused-ring (bicyclic) bond motifs is 1. The fraction of sp³-hybridized carbons (Fsp3) is 0.821. The predicted octanol–water partition coefficient (Wildman–Crippen LogP) is 7.58. The smallest absolute Gasteiger partial charge is 0.313 e. The van der Waals surface area contributed by atoms with Crippen LogP contribution in [0.2, 0.25) is 0 Å². The summed E-state index contributed by atoms with van der Waals surface area (Å²) < 4.78 is 3.49. The number of imidazole rings is 1. The molecule has 0 atom stereocenters. The van der Waals surface area contributed by atoms with E-state index in [0.717, 1.165) is 36.7 Å². The van der Waals surface area contributed by atoms with Gasteiger partial charge in [0.15, 0.2) is 16.3 Å². The number of nitrogens with one attached hydrogen (secondary N) is 1. The molecule has 0 saturated carbocycles. The molecule has 0 bridgehead atoms. The summed E-state index contributed by atoms with van der Waals surface area (Å²) >= 11 is 1.73. The highest BCUT2D eigenvalue weighted by Crippen LogP contribution is 2.24. The molecular formula is C28H50N4O2S. The van der Waals surface area contributed by atoms with Crippen LogP contribution in [0, 0.1) is 0 Å². The summed E-state index contributed by atoms with van der Waals surface area (Å²) in [6, 6.07) is 0. The van der Waals surface area contributed by atoms with Crippen LogP contribution in [0.3, 0.4) is 0 Å². The van der Waals surface area contributed by atoms with Gasteiger partial charge in [-0.05, 0) is 12.8 Å². The van der Waals surface area contributed by atoms with Crippen LogP contribution in [0.5, 0.6) is 0 Å². The minimum atomic E-state index is -0.401. The van der Waals surface area contributed by atoms with E-state index in [1.807, 2.05) is 4.57 Å². The molecule has 0 aliphatic carbocycles. The summed E-state index contributed by atoms with van der Waals surface area (Å²) in [5.74, 6) is 1.00. The number of unbranched alkanes of at least 4 members (excludes halogenated alkanes) is 16. The molecule has 6 nitrogen and oxygen atoms in total. The van der Waals surface area contributed by atoms with E-state index < -0.39 is 5.69 Å². The predicted molar refractivity (Wildman–Crippen MR) is 151 cm³/mol. The van der Waals surface area contributed by atoms with Crippen molar-refractivity contribution in [1.82, 2.24) is 19.1 Å². The Kier molecular flexibility index (Phi) is 15.2. The van der Waals surface area contributed by atoms with Gasteiger partial charge in [-0.1, -0.05) is 128 Å². The molecule has 0 aromatic carbocycles. The van der Waals surface area contributed by atoms with E-state index >= 15 is 0 Å². The van der Waals surface area contributed by atoms with Crippen LogP contribution in [0.1, 0.15) is 129 Å². The highest BCUT2D eigenvalue weighted by atomic mass is 32.2. The Morgan fingerprint density at radius 1 is 0.714 bits per heavy atom. The lowest BCUT2D eigenvalue weighted by Gasteiger charge is -2.08. The number of rotatable bonds is 21. The second kappa shape index (κ2) is 17.9. The highest BCUT2D eigenvalue weighted by Gasteiger charge is 2.17. The molecule has 0 aliphatic rings. The van der Waals surface area contributed by atoms with Gasteiger partial charge in [-0.3, -0.25) is 14.3 Å². The van der Waals surface area contributed by atoms with E-state index in [0.29, 0.717) is 11.2 Å². The third-order valence-corrected chi connectivity index (χ3v) is 8.00. The zero-order chi connectivity index (χ0) is 25.3. The molecule has 0 amide bonds. The Balaban J connectivity index is 1.69. The molecule has 0 fully saturated rings. The maximum absolute atomic E-state index is 12.5. The van der Waals surface area contributed by atoms with Gasteiger partial charge in [-0.15, -0.1) is 0 Å². The molecule has 0 saturated heterocycles. The van der Waals surface area contributed by atoms with Gasteiger partial charge in [0.25, 0.3) is 5.56 Å². The van der Waals surface area contributed by atoms with Crippen molar-refractivity contribution in [1.29, 1.82) is 0 Å². The lowest BCUT2D eigenvalue weighted by Crippen LogP contribution is -2.29. The Bertz CT molecular complexity index is 947. The van der Waals surface area contributed by atoms with Gasteiger partial charge >= 0.3 is 5.69 Å². The molecule has 0 spiro atoms. The van der Waals surface area contributed by atoms with E-state index in [1.54, 1.807) is 18.8 Å². The van der Waals surface area contributed by atoms with Crippen LogP contribution < -0.4 is 11.2 Å². The normalized spacial score (nSPS) is 11.6. The summed E-state index contributed by atoms with van der Waals surface area (Å²) in [6.45, 7) is 5.25. The van der Waals surface area contributed by atoms with Crippen LogP contribution in [-0.2, 0) is 13.6 Å². The van der Waals surface area contributed by atoms with E-state index in [4.69, 9.17) is 4.98 Å². The topological polar surface area (TPSA) is 72.7 Å². The maximum atomic E-state index is 12.5. The first-order valence-electron chi connectivity index (χ1n) is 14.4. The van der Waals surface area contributed by atoms with Gasteiger partial charge in [0.2, 0.25) is 0 Å². The maximum Gasteiger partial charge on any atom is 0.329 e. The Morgan fingerprint density at radius 3 is 1.74 bits per heavy atom. The molecule has 1 N–H and O–H groups in total. The van der Waals surface area contributed by atoms with Crippen molar-refractivity contribution in [2.24, 2.45) is 7.05 Å². The minimum absolute atomic E-state index is 0.325. The summed E-state index contributed by atoms with van der Waals surface area (Å²) in [7, 11) is 1.68. The molecule has 7 heteroatoms. The molecule has 2 aromatic heterocycles. The molecular weight excluding hydrogens is 456 g/mol. The van der Waals surface area contributed by atoms with E-state index in [1.165, 1.54) is 101 Å². The van der Waals surface area contributed by atoms with E-state index in [-0.39, 0.29) is 5.56 Å². The molecule has 2 aromatic rings. The van der Waals surface area contributed by atoms with Crippen molar-refractivity contribution in [2.45, 2.75) is 141 Å². The van der Waals surface area contributed by atoms with Gasteiger partial charge in [-0.25, -0.2) is 9.78 Å². The van der Waals surface area contributed by atoms with Crippen molar-refractivity contribution in [3.63, 3.8) is 0 Å². The quantitative estimate of drug-likeness (QED) is 0.140. The van der Waals surface area contributed by atoms with Gasteiger partial charge in [0.05, 0.1) is 0 Å². The highest BCUT2D eigenvalue weighted by molar-refractivity contribution is 7.99. The molecule has 2 rings (SSSR count). The van der Waals surface area contributed by atoms with Crippen molar-refractivity contribution in [3.8, 4) is 0 Å². The average Bonchev–Trinajstić information content (AvgIpc) is 3.21.